The van der Waals surface area contributed by atoms with Gasteiger partial charge in [-0.25, -0.2) is 9.97 Å². The summed E-state index contributed by atoms with van der Waals surface area (Å²) in [5.74, 6) is 0.249. The zero-order valence-corrected chi connectivity index (χ0v) is 14.9. The quantitative estimate of drug-likeness (QED) is 0.879. The molecule has 1 aliphatic heterocycles. The van der Waals surface area contributed by atoms with Crippen LogP contribution in [0.1, 0.15) is 35.4 Å². The topological polar surface area (TPSA) is 58.1 Å². The van der Waals surface area contributed by atoms with Gasteiger partial charge in [0, 0.05) is 18.8 Å². The molecule has 7 heteroatoms. The van der Waals surface area contributed by atoms with Crippen molar-refractivity contribution in [3.63, 3.8) is 0 Å². The van der Waals surface area contributed by atoms with Gasteiger partial charge in [-0.15, -0.1) is 0 Å². The molecule has 0 atom stereocenters. The van der Waals surface area contributed by atoms with Crippen molar-refractivity contribution in [2.75, 3.05) is 23.3 Å². The maximum absolute atomic E-state index is 12.6. The number of hydrogen-bond acceptors (Lipinski definition) is 4. The number of aromatic nitrogens is 2. The molecule has 1 aliphatic rings. The van der Waals surface area contributed by atoms with Gasteiger partial charge in [-0.2, -0.15) is 0 Å². The molecule has 24 heavy (non-hydrogen) atoms. The van der Waals surface area contributed by atoms with Crippen LogP contribution in [0.25, 0.3) is 0 Å². The summed E-state index contributed by atoms with van der Waals surface area (Å²) in [6, 6.07) is 6.73. The molecule has 1 amide bonds. The number of rotatable bonds is 3. The minimum atomic E-state index is -0.353. The van der Waals surface area contributed by atoms with Gasteiger partial charge in [0.05, 0.1) is 15.7 Å². The van der Waals surface area contributed by atoms with Gasteiger partial charge in [-0.3, -0.25) is 4.79 Å². The molecule has 0 radical (unpaired) electrons. The summed E-state index contributed by atoms with van der Waals surface area (Å²) in [7, 11) is 0. The number of para-hydroxylation sites is 1. The maximum atomic E-state index is 12.6. The lowest BCUT2D eigenvalue weighted by atomic mass is 10.1. The normalized spacial score (nSPS) is 14.5. The SMILES string of the molecule is Cc1cc(C(=O)Nc2c(Cl)cccc2Cl)nc(N2CCCCC2)n1. The predicted octanol–water partition coefficient (Wildman–Crippen LogP) is 4.33. The highest BCUT2D eigenvalue weighted by Crippen LogP contribution is 2.30. The second-order valence-electron chi connectivity index (χ2n) is 5.79. The Hall–Kier alpha value is -1.85. The molecule has 2 heterocycles. The van der Waals surface area contributed by atoms with Crippen molar-refractivity contribution >= 4 is 40.7 Å². The molecular formula is C17H18Cl2N4O. The first-order valence-corrected chi connectivity index (χ1v) is 8.66. The molecule has 1 aromatic heterocycles. The second-order valence-corrected chi connectivity index (χ2v) is 6.61. The Labute approximate surface area is 151 Å². The molecule has 1 fully saturated rings. The largest absolute Gasteiger partial charge is 0.341 e. The smallest absolute Gasteiger partial charge is 0.274 e. The molecular weight excluding hydrogens is 347 g/mol. The average Bonchev–Trinajstić information content (AvgIpc) is 2.58. The lowest BCUT2D eigenvalue weighted by Crippen LogP contribution is -2.31. The number of piperidine rings is 1. The first kappa shape index (κ1) is 17.0. The molecule has 1 saturated heterocycles. The zero-order chi connectivity index (χ0) is 17.1. The second kappa shape index (κ2) is 7.36. The number of halogens is 2. The fourth-order valence-corrected chi connectivity index (χ4v) is 3.19. The molecule has 2 aromatic rings. The van der Waals surface area contributed by atoms with Gasteiger partial charge < -0.3 is 10.2 Å². The van der Waals surface area contributed by atoms with E-state index in [1.165, 1.54) is 6.42 Å². The summed E-state index contributed by atoms with van der Waals surface area (Å²) >= 11 is 12.2. The van der Waals surface area contributed by atoms with Gasteiger partial charge in [0.15, 0.2) is 0 Å². The Balaban J connectivity index is 1.85. The van der Waals surface area contributed by atoms with Gasteiger partial charge in [0.2, 0.25) is 5.95 Å². The van der Waals surface area contributed by atoms with Crippen LogP contribution in [0.3, 0.4) is 0 Å². The van der Waals surface area contributed by atoms with Crippen molar-refractivity contribution in [2.45, 2.75) is 26.2 Å². The monoisotopic (exact) mass is 364 g/mol. The van der Waals surface area contributed by atoms with Crippen LogP contribution in [0, 0.1) is 6.92 Å². The number of benzene rings is 1. The van der Waals surface area contributed by atoms with Gasteiger partial charge in [0.25, 0.3) is 5.91 Å². The number of carbonyl (C=O) groups excluding carboxylic acids is 1. The Bertz CT molecular complexity index is 740. The molecule has 0 saturated carbocycles. The van der Waals surface area contributed by atoms with Crippen LogP contribution < -0.4 is 10.2 Å². The number of nitrogens with one attached hydrogen (secondary N) is 1. The van der Waals surface area contributed by atoms with Crippen LogP contribution in [0.2, 0.25) is 10.0 Å². The Morgan fingerprint density at radius 2 is 1.79 bits per heavy atom. The standard InChI is InChI=1S/C17H18Cl2N4O/c1-11-10-14(21-17(20-11)23-8-3-2-4-9-23)16(24)22-15-12(18)6-5-7-13(15)19/h5-7,10H,2-4,8-9H2,1H3,(H,22,24). The van der Waals surface area contributed by atoms with Crippen LogP contribution in [0.5, 0.6) is 0 Å². The van der Waals surface area contributed by atoms with Gasteiger partial charge in [-0.1, -0.05) is 29.3 Å². The summed E-state index contributed by atoms with van der Waals surface area (Å²) in [4.78, 5) is 23.6. The Morgan fingerprint density at radius 3 is 2.46 bits per heavy atom. The van der Waals surface area contributed by atoms with Crippen molar-refractivity contribution in [2.24, 2.45) is 0 Å². The first-order chi connectivity index (χ1) is 11.5. The molecule has 1 aromatic carbocycles. The van der Waals surface area contributed by atoms with E-state index in [-0.39, 0.29) is 5.91 Å². The summed E-state index contributed by atoms with van der Waals surface area (Å²) in [6.45, 7) is 3.69. The van der Waals surface area contributed by atoms with Crippen LogP contribution >= 0.6 is 23.2 Å². The van der Waals surface area contributed by atoms with Crippen molar-refractivity contribution < 1.29 is 4.79 Å². The highest BCUT2D eigenvalue weighted by molar-refractivity contribution is 6.40. The summed E-state index contributed by atoms with van der Waals surface area (Å²) in [5.41, 5.74) is 1.45. The van der Waals surface area contributed by atoms with Crippen molar-refractivity contribution in [1.29, 1.82) is 0 Å². The lowest BCUT2D eigenvalue weighted by molar-refractivity contribution is 0.102. The number of amides is 1. The van der Waals surface area contributed by atoms with E-state index in [2.05, 4.69) is 20.2 Å². The number of anilines is 2. The molecule has 5 nitrogen and oxygen atoms in total. The Morgan fingerprint density at radius 1 is 1.12 bits per heavy atom. The summed E-state index contributed by atoms with van der Waals surface area (Å²) in [5, 5.41) is 3.51. The molecule has 126 valence electrons. The van der Waals surface area contributed by atoms with E-state index in [1.807, 2.05) is 6.92 Å². The van der Waals surface area contributed by atoms with Crippen molar-refractivity contribution in [3.8, 4) is 0 Å². The minimum absolute atomic E-state index is 0.305. The van der Waals surface area contributed by atoms with Gasteiger partial charge >= 0.3 is 0 Å². The predicted molar refractivity (Wildman–Crippen MR) is 97.2 cm³/mol. The molecule has 0 aliphatic carbocycles. The van der Waals surface area contributed by atoms with E-state index < -0.39 is 0 Å². The maximum Gasteiger partial charge on any atom is 0.274 e. The number of carbonyl (C=O) groups is 1. The van der Waals surface area contributed by atoms with Crippen molar-refractivity contribution in [3.05, 3.63) is 45.7 Å². The third kappa shape index (κ3) is 3.79. The number of nitrogens with zero attached hydrogens (tertiary/aromatic N) is 3. The van der Waals surface area contributed by atoms with Crippen LogP contribution in [0.15, 0.2) is 24.3 Å². The summed E-state index contributed by atoms with van der Waals surface area (Å²) in [6.07, 6.45) is 3.46. The van der Waals surface area contributed by atoms with Crippen LogP contribution in [-0.2, 0) is 0 Å². The third-order valence-electron chi connectivity index (χ3n) is 3.92. The van der Waals surface area contributed by atoms with E-state index in [9.17, 15) is 4.79 Å². The first-order valence-electron chi connectivity index (χ1n) is 7.90. The fraction of sp³-hybridized carbons (Fsp3) is 0.353. The van der Waals surface area contributed by atoms with Crippen molar-refractivity contribution in [1.82, 2.24) is 9.97 Å². The van der Waals surface area contributed by atoms with E-state index in [0.29, 0.717) is 27.4 Å². The average molecular weight is 365 g/mol. The van der Waals surface area contributed by atoms with E-state index >= 15 is 0 Å². The summed E-state index contributed by atoms with van der Waals surface area (Å²) < 4.78 is 0. The third-order valence-corrected chi connectivity index (χ3v) is 4.55. The molecule has 3 rings (SSSR count). The zero-order valence-electron chi connectivity index (χ0n) is 13.4. The number of aryl methyl sites for hydroxylation is 1. The number of hydrogen-bond donors (Lipinski definition) is 1. The molecule has 0 bridgehead atoms. The van der Waals surface area contributed by atoms with E-state index in [4.69, 9.17) is 23.2 Å². The lowest BCUT2D eigenvalue weighted by Gasteiger charge is -2.27. The Kier molecular flexibility index (Phi) is 5.21. The van der Waals surface area contributed by atoms with Crippen LogP contribution in [0.4, 0.5) is 11.6 Å². The van der Waals surface area contributed by atoms with Gasteiger partial charge in [-0.05, 0) is 44.4 Å². The highest BCUT2D eigenvalue weighted by atomic mass is 35.5. The molecule has 0 spiro atoms. The van der Waals surface area contributed by atoms with E-state index in [1.54, 1.807) is 24.3 Å². The van der Waals surface area contributed by atoms with Gasteiger partial charge in [0.1, 0.15) is 5.69 Å². The van der Waals surface area contributed by atoms with Crippen LogP contribution in [-0.4, -0.2) is 29.0 Å². The molecule has 1 N–H and O–H groups in total. The van der Waals surface area contributed by atoms with E-state index in [0.717, 1.165) is 31.6 Å². The fourth-order valence-electron chi connectivity index (χ4n) is 2.70. The minimum Gasteiger partial charge on any atom is -0.341 e. The molecule has 0 unspecified atom stereocenters. The highest BCUT2D eigenvalue weighted by Gasteiger charge is 2.18.